The van der Waals surface area contributed by atoms with Crippen molar-refractivity contribution in [3.05, 3.63) is 24.3 Å². The van der Waals surface area contributed by atoms with Gasteiger partial charge in [-0.3, -0.25) is 4.79 Å². The highest BCUT2D eigenvalue weighted by molar-refractivity contribution is 8.00. The number of para-hydroxylation sites is 2. The van der Waals surface area contributed by atoms with Gasteiger partial charge in [-0.2, -0.15) is 15.0 Å². The Labute approximate surface area is 131 Å². The largest absolute Gasteiger partial charge is 0.495 e. The number of thioether (sulfide) groups is 1. The van der Waals surface area contributed by atoms with E-state index in [4.69, 9.17) is 16.2 Å². The Morgan fingerprint density at radius 3 is 2.50 bits per heavy atom. The summed E-state index contributed by atoms with van der Waals surface area (Å²) in [6, 6.07) is 7.15. The van der Waals surface area contributed by atoms with Crippen molar-refractivity contribution in [3.8, 4) is 5.75 Å². The third-order valence-corrected chi connectivity index (χ3v) is 3.63. The van der Waals surface area contributed by atoms with E-state index in [9.17, 15) is 4.79 Å². The lowest BCUT2D eigenvalue weighted by Gasteiger charge is -2.13. The van der Waals surface area contributed by atoms with Gasteiger partial charge in [-0.1, -0.05) is 23.9 Å². The van der Waals surface area contributed by atoms with Crippen molar-refractivity contribution in [3.63, 3.8) is 0 Å². The molecule has 2 rings (SSSR count). The predicted octanol–water partition coefficient (Wildman–Crippen LogP) is 1.16. The SMILES string of the molecule is COc1ccccc1NC(=O)[C@H](C)Sc1nc(N)nc(N)n1. The van der Waals surface area contributed by atoms with Gasteiger partial charge in [0.1, 0.15) is 5.75 Å². The van der Waals surface area contributed by atoms with Crippen molar-refractivity contribution in [1.82, 2.24) is 15.0 Å². The molecule has 0 bridgehead atoms. The second kappa shape index (κ2) is 6.94. The highest BCUT2D eigenvalue weighted by atomic mass is 32.2. The van der Waals surface area contributed by atoms with Crippen molar-refractivity contribution in [2.75, 3.05) is 23.9 Å². The van der Waals surface area contributed by atoms with E-state index in [0.29, 0.717) is 16.6 Å². The summed E-state index contributed by atoms with van der Waals surface area (Å²) in [5.74, 6) is 0.411. The van der Waals surface area contributed by atoms with Crippen LogP contribution < -0.4 is 21.5 Å². The molecule has 1 heterocycles. The third kappa shape index (κ3) is 3.98. The van der Waals surface area contributed by atoms with Crippen LogP contribution in [0.2, 0.25) is 0 Å². The number of aromatic nitrogens is 3. The third-order valence-electron chi connectivity index (χ3n) is 2.67. The number of carbonyl (C=O) groups excluding carboxylic acids is 1. The second-order valence-electron chi connectivity index (χ2n) is 4.28. The van der Waals surface area contributed by atoms with Gasteiger partial charge in [0.15, 0.2) is 5.16 Å². The summed E-state index contributed by atoms with van der Waals surface area (Å²) >= 11 is 1.14. The molecule has 0 saturated heterocycles. The van der Waals surface area contributed by atoms with E-state index in [1.165, 1.54) is 0 Å². The van der Waals surface area contributed by atoms with Gasteiger partial charge in [0, 0.05) is 0 Å². The van der Waals surface area contributed by atoms with Gasteiger partial charge in [0.2, 0.25) is 17.8 Å². The van der Waals surface area contributed by atoms with E-state index in [1.807, 2.05) is 12.1 Å². The maximum absolute atomic E-state index is 12.2. The second-order valence-corrected chi connectivity index (χ2v) is 5.59. The molecule has 0 spiro atoms. The van der Waals surface area contributed by atoms with Gasteiger partial charge in [-0.05, 0) is 19.1 Å². The first-order chi connectivity index (χ1) is 10.5. The lowest BCUT2D eigenvalue weighted by Crippen LogP contribution is -2.23. The Balaban J connectivity index is 2.06. The molecule has 0 unspecified atom stereocenters. The number of carbonyl (C=O) groups is 1. The minimum atomic E-state index is -0.453. The summed E-state index contributed by atoms with van der Waals surface area (Å²) in [6.45, 7) is 1.73. The van der Waals surface area contributed by atoms with Gasteiger partial charge in [-0.25, -0.2) is 0 Å². The number of amides is 1. The summed E-state index contributed by atoms with van der Waals surface area (Å²) in [4.78, 5) is 23.8. The van der Waals surface area contributed by atoms with E-state index in [1.54, 1.807) is 26.2 Å². The average molecular weight is 320 g/mol. The molecule has 5 N–H and O–H groups in total. The van der Waals surface area contributed by atoms with Gasteiger partial charge in [0.25, 0.3) is 0 Å². The Hall–Kier alpha value is -2.55. The topological polar surface area (TPSA) is 129 Å². The van der Waals surface area contributed by atoms with Crippen LogP contribution >= 0.6 is 11.8 Å². The van der Waals surface area contributed by atoms with Crippen molar-refractivity contribution in [2.24, 2.45) is 0 Å². The van der Waals surface area contributed by atoms with Gasteiger partial charge in [0.05, 0.1) is 18.0 Å². The number of hydrogen-bond donors (Lipinski definition) is 3. The first-order valence-electron chi connectivity index (χ1n) is 6.37. The lowest BCUT2D eigenvalue weighted by molar-refractivity contribution is -0.115. The molecule has 0 aliphatic rings. The number of nitrogens with two attached hydrogens (primary N) is 2. The zero-order valence-electron chi connectivity index (χ0n) is 12.1. The standard InChI is InChI=1S/C13H16N6O2S/c1-7(22-13-18-11(14)17-12(15)19-13)10(20)16-8-5-3-4-6-9(8)21-2/h3-7H,1-2H3,(H,16,20)(H4,14,15,17,18,19)/t7-/m0/s1. The fourth-order valence-electron chi connectivity index (χ4n) is 1.63. The maximum Gasteiger partial charge on any atom is 0.237 e. The summed E-state index contributed by atoms with van der Waals surface area (Å²) in [6.07, 6.45) is 0. The molecule has 0 aliphatic carbocycles. The molecular formula is C13H16N6O2S. The number of nitrogens with zero attached hydrogens (tertiary/aromatic N) is 3. The normalized spacial score (nSPS) is 11.7. The van der Waals surface area contributed by atoms with Gasteiger partial charge >= 0.3 is 0 Å². The minimum absolute atomic E-state index is 0.0207. The molecule has 8 nitrogen and oxygen atoms in total. The van der Waals surface area contributed by atoms with Crippen molar-refractivity contribution < 1.29 is 9.53 Å². The number of rotatable bonds is 5. The molecule has 116 valence electrons. The molecule has 0 radical (unpaired) electrons. The summed E-state index contributed by atoms with van der Waals surface area (Å²) < 4.78 is 5.19. The fraction of sp³-hybridized carbons (Fsp3) is 0.231. The van der Waals surface area contributed by atoms with Crippen LogP contribution in [0.1, 0.15) is 6.92 Å². The van der Waals surface area contributed by atoms with Crippen LogP contribution in [0.25, 0.3) is 0 Å². The van der Waals surface area contributed by atoms with Crippen molar-refractivity contribution in [1.29, 1.82) is 0 Å². The number of nitrogen functional groups attached to an aromatic ring is 2. The molecule has 2 aromatic rings. The van der Waals surface area contributed by atoms with Gasteiger partial charge in [-0.15, -0.1) is 0 Å². The number of hydrogen-bond acceptors (Lipinski definition) is 8. The Morgan fingerprint density at radius 2 is 1.86 bits per heavy atom. The minimum Gasteiger partial charge on any atom is -0.495 e. The summed E-state index contributed by atoms with van der Waals surface area (Å²) in [7, 11) is 1.54. The highest BCUT2D eigenvalue weighted by Crippen LogP contribution is 2.26. The zero-order valence-corrected chi connectivity index (χ0v) is 12.9. The smallest absolute Gasteiger partial charge is 0.237 e. The Morgan fingerprint density at radius 1 is 1.23 bits per heavy atom. The zero-order chi connectivity index (χ0) is 16.1. The molecule has 0 saturated carbocycles. The van der Waals surface area contributed by atoms with E-state index in [-0.39, 0.29) is 17.8 Å². The molecular weight excluding hydrogens is 304 g/mol. The lowest BCUT2D eigenvalue weighted by atomic mass is 10.3. The monoisotopic (exact) mass is 320 g/mol. The first-order valence-corrected chi connectivity index (χ1v) is 7.25. The van der Waals surface area contributed by atoms with E-state index < -0.39 is 5.25 Å². The van der Waals surface area contributed by atoms with Crippen LogP contribution in [-0.2, 0) is 4.79 Å². The molecule has 0 aliphatic heterocycles. The van der Waals surface area contributed by atoms with Crippen LogP contribution in [0.15, 0.2) is 29.4 Å². The molecule has 1 atom stereocenters. The number of anilines is 3. The molecule has 0 fully saturated rings. The van der Waals surface area contributed by atoms with Crippen LogP contribution in [0.5, 0.6) is 5.75 Å². The molecule has 1 aromatic heterocycles. The van der Waals surface area contributed by atoms with E-state index in [0.717, 1.165) is 11.8 Å². The van der Waals surface area contributed by atoms with E-state index in [2.05, 4.69) is 20.3 Å². The summed E-state index contributed by atoms with van der Waals surface area (Å²) in [5.41, 5.74) is 11.6. The fourth-order valence-corrected chi connectivity index (χ4v) is 2.41. The number of benzene rings is 1. The first kappa shape index (κ1) is 15.8. The Kier molecular flexibility index (Phi) is 4.99. The van der Waals surface area contributed by atoms with Crippen molar-refractivity contribution in [2.45, 2.75) is 17.3 Å². The Bertz CT molecular complexity index is 661. The molecule has 1 amide bonds. The summed E-state index contributed by atoms with van der Waals surface area (Å²) in [5, 5.41) is 2.64. The maximum atomic E-state index is 12.2. The van der Waals surface area contributed by atoms with Crippen molar-refractivity contribution >= 4 is 35.3 Å². The predicted molar refractivity (Wildman–Crippen MR) is 85.6 cm³/mol. The molecule has 22 heavy (non-hydrogen) atoms. The number of nitrogens with one attached hydrogen (secondary N) is 1. The van der Waals surface area contributed by atoms with Crippen LogP contribution in [-0.4, -0.2) is 33.2 Å². The van der Waals surface area contributed by atoms with Gasteiger partial charge < -0.3 is 21.5 Å². The van der Waals surface area contributed by atoms with Crippen LogP contribution in [0.3, 0.4) is 0 Å². The average Bonchev–Trinajstić information content (AvgIpc) is 2.46. The van der Waals surface area contributed by atoms with Crippen LogP contribution in [0.4, 0.5) is 17.6 Å². The molecule has 9 heteroatoms. The molecule has 1 aromatic carbocycles. The highest BCUT2D eigenvalue weighted by Gasteiger charge is 2.18. The number of ether oxygens (including phenoxy) is 1. The van der Waals surface area contributed by atoms with Crippen LogP contribution in [0, 0.1) is 0 Å². The quantitative estimate of drug-likeness (QED) is 0.700. The number of methoxy groups -OCH3 is 1. The van der Waals surface area contributed by atoms with E-state index >= 15 is 0 Å².